The first-order valence-corrected chi connectivity index (χ1v) is 4.96. The van der Waals surface area contributed by atoms with Crippen LogP contribution in [0.2, 0.25) is 0 Å². The van der Waals surface area contributed by atoms with Crippen molar-refractivity contribution in [1.29, 1.82) is 0 Å². The smallest absolute Gasteiger partial charge is 0.309 e. The number of carboxylic acid groups (broad SMARTS) is 1. The van der Waals surface area contributed by atoms with Crippen LogP contribution in [0.4, 0.5) is 0 Å². The number of benzene rings is 1. The van der Waals surface area contributed by atoms with Crippen LogP contribution in [0.1, 0.15) is 17.2 Å². The van der Waals surface area contributed by atoms with Crippen molar-refractivity contribution in [1.82, 2.24) is 10.9 Å². The van der Waals surface area contributed by atoms with Crippen molar-refractivity contribution in [3.05, 3.63) is 35.4 Å². The van der Waals surface area contributed by atoms with Crippen molar-refractivity contribution in [3.63, 3.8) is 0 Å². The van der Waals surface area contributed by atoms with Crippen molar-refractivity contribution in [2.24, 2.45) is 5.92 Å². The van der Waals surface area contributed by atoms with Gasteiger partial charge < -0.3 is 5.11 Å². The molecule has 1 aromatic rings. The average Bonchev–Trinajstić information content (AvgIpc) is 2.67. The van der Waals surface area contributed by atoms with Gasteiger partial charge in [-0.25, -0.2) is 5.43 Å². The molecule has 1 aliphatic heterocycles. The molecule has 80 valence electrons. The minimum Gasteiger partial charge on any atom is -0.481 e. The molecular weight excluding hydrogens is 192 g/mol. The molecule has 1 aliphatic rings. The third-order valence-electron chi connectivity index (χ3n) is 2.74. The molecule has 0 aliphatic carbocycles. The molecule has 4 nitrogen and oxygen atoms in total. The second kappa shape index (κ2) is 4.00. The van der Waals surface area contributed by atoms with Crippen LogP contribution in [-0.4, -0.2) is 17.6 Å². The van der Waals surface area contributed by atoms with Gasteiger partial charge in [0.05, 0.1) is 12.0 Å². The molecule has 0 radical (unpaired) electrons. The first kappa shape index (κ1) is 10.1. The van der Waals surface area contributed by atoms with Gasteiger partial charge in [-0.15, -0.1) is 0 Å². The van der Waals surface area contributed by atoms with E-state index in [4.69, 9.17) is 5.11 Å². The van der Waals surface area contributed by atoms with Crippen LogP contribution in [0.5, 0.6) is 0 Å². The zero-order valence-electron chi connectivity index (χ0n) is 8.53. The van der Waals surface area contributed by atoms with Crippen molar-refractivity contribution in [2.75, 3.05) is 6.54 Å². The Morgan fingerprint density at radius 3 is 2.67 bits per heavy atom. The first-order valence-electron chi connectivity index (χ1n) is 4.96. The number of aryl methyl sites for hydroxylation is 1. The number of rotatable bonds is 2. The molecule has 0 saturated carbocycles. The van der Waals surface area contributed by atoms with Gasteiger partial charge in [0.1, 0.15) is 0 Å². The summed E-state index contributed by atoms with van der Waals surface area (Å²) in [5.74, 6) is -1.16. The number of aliphatic carboxylic acids is 1. The van der Waals surface area contributed by atoms with E-state index in [9.17, 15) is 4.79 Å². The topological polar surface area (TPSA) is 61.4 Å². The third-order valence-corrected chi connectivity index (χ3v) is 2.74. The molecule has 2 unspecified atom stereocenters. The summed E-state index contributed by atoms with van der Waals surface area (Å²) in [6.45, 7) is 2.48. The lowest BCUT2D eigenvalue weighted by Crippen LogP contribution is -2.26. The summed E-state index contributed by atoms with van der Waals surface area (Å²) in [5, 5.41) is 9.02. The maximum Gasteiger partial charge on any atom is 0.309 e. The van der Waals surface area contributed by atoms with E-state index in [1.54, 1.807) is 0 Å². The van der Waals surface area contributed by atoms with Gasteiger partial charge in [-0.2, -0.15) is 0 Å². The molecule has 4 heteroatoms. The van der Waals surface area contributed by atoms with Gasteiger partial charge in [0.2, 0.25) is 0 Å². The van der Waals surface area contributed by atoms with Gasteiger partial charge in [0.15, 0.2) is 0 Å². The first-order chi connectivity index (χ1) is 7.18. The molecule has 1 aromatic carbocycles. The molecule has 2 rings (SSSR count). The monoisotopic (exact) mass is 206 g/mol. The van der Waals surface area contributed by atoms with Crippen LogP contribution >= 0.6 is 0 Å². The van der Waals surface area contributed by atoms with Gasteiger partial charge in [0.25, 0.3) is 0 Å². The highest BCUT2D eigenvalue weighted by Gasteiger charge is 2.33. The summed E-state index contributed by atoms with van der Waals surface area (Å²) in [5.41, 5.74) is 8.07. The number of carboxylic acids is 1. The Kier molecular flexibility index (Phi) is 2.70. The molecule has 0 aromatic heterocycles. The number of hydrazine groups is 1. The Morgan fingerprint density at radius 1 is 1.40 bits per heavy atom. The van der Waals surface area contributed by atoms with Gasteiger partial charge in [-0.1, -0.05) is 29.8 Å². The van der Waals surface area contributed by atoms with E-state index in [1.165, 1.54) is 5.56 Å². The summed E-state index contributed by atoms with van der Waals surface area (Å²) in [6.07, 6.45) is 0. The summed E-state index contributed by atoms with van der Waals surface area (Å²) in [7, 11) is 0. The van der Waals surface area contributed by atoms with Crippen LogP contribution in [0.3, 0.4) is 0 Å². The quantitative estimate of drug-likeness (QED) is 0.671. The van der Waals surface area contributed by atoms with Crippen molar-refractivity contribution in [2.45, 2.75) is 13.0 Å². The highest BCUT2D eigenvalue weighted by Crippen LogP contribution is 2.24. The van der Waals surface area contributed by atoms with E-state index in [0.29, 0.717) is 6.54 Å². The van der Waals surface area contributed by atoms with Crippen LogP contribution in [0.15, 0.2) is 24.3 Å². The molecule has 1 saturated heterocycles. The standard InChI is InChI=1S/C11H14N2O2/c1-7-2-4-8(5-3-7)10-9(11(14)15)6-12-13-10/h2-5,9-10,12-13H,6H2,1H3,(H,14,15). The fraction of sp³-hybridized carbons (Fsp3) is 0.364. The zero-order valence-corrected chi connectivity index (χ0v) is 8.53. The maximum atomic E-state index is 11.0. The van der Waals surface area contributed by atoms with Gasteiger partial charge in [-0.05, 0) is 12.5 Å². The SMILES string of the molecule is Cc1ccc(C2NNCC2C(=O)O)cc1. The average molecular weight is 206 g/mol. The molecular formula is C11H14N2O2. The Morgan fingerprint density at radius 2 is 2.07 bits per heavy atom. The van der Waals surface area contributed by atoms with Crippen molar-refractivity contribution < 1.29 is 9.90 Å². The minimum atomic E-state index is -0.766. The fourth-order valence-corrected chi connectivity index (χ4v) is 1.82. The van der Waals surface area contributed by atoms with Crippen molar-refractivity contribution >= 4 is 5.97 Å². The highest BCUT2D eigenvalue weighted by atomic mass is 16.4. The molecule has 15 heavy (non-hydrogen) atoms. The maximum absolute atomic E-state index is 11.0. The second-order valence-corrected chi connectivity index (χ2v) is 3.86. The molecule has 1 heterocycles. The van der Waals surface area contributed by atoms with E-state index < -0.39 is 11.9 Å². The molecule has 1 fully saturated rings. The van der Waals surface area contributed by atoms with Gasteiger partial charge >= 0.3 is 5.97 Å². The summed E-state index contributed by atoms with van der Waals surface area (Å²) < 4.78 is 0. The Bertz CT molecular complexity index is 361. The summed E-state index contributed by atoms with van der Waals surface area (Å²) in [6, 6.07) is 7.79. The van der Waals surface area contributed by atoms with Crippen LogP contribution in [-0.2, 0) is 4.79 Å². The third kappa shape index (κ3) is 2.00. The zero-order chi connectivity index (χ0) is 10.8. The predicted molar refractivity (Wildman–Crippen MR) is 56.2 cm³/mol. The lowest BCUT2D eigenvalue weighted by molar-refractivity contribution is -0.141. The van der Waals surface area contributed by atoms with E-state index >= 15 is 0 Å². The number of hydrogen-bond donors (Lipinski definition) is 3. The lowest BCUT2D eigenvalue weighted by atomic mass is 9.94. The number of carbonyl (C=O) groups is 1. The van der Waals surface area contributed by atoms with E-state index in [2.05, 4.69) is 10.9 Å². The molecule has 0 amide bonds. The Balaban J connectivity index is 2.22. The van der Waals surface area contributed by atoms with E-state index in [1.807, 2.05) is 31.2 Å². The van der Waals surface area contributed by atoms with Crippen LogP contribution in [0.25, 0.3) is 0 Å². The number of nitrogens with one attached hydrogen (secondary N) is 2. The normalized spacial score (nSPS) is 25.4. The second-order valence-electron chi connectivity index (χ2n) is 3.86. The van der Waals surface area contributed by atoms with Crippen LogP contribution < -0.4 is 10.9 Å². The van der Waals surface area contributed by atoms with Crippen LogP contribution in [0, 0.1) is 12.8 Å². The highest BCUT2D eigenvalue weighted by molar-refractivity contribution is 5.72. The Labute approximate surface area is 88.3 Å². The van der Waals surface area contributed by atoms with E-state index in [-0.39, 0.29) is 6.04 Å². The summed E-state index contributed by atoms with van der Waals surface area (Å²) >= 11 is 0. The largest absolute Gasteiger partial charge is 0.481 e. The predicted octanol–water partition coefficient (Wildman–Crippen LogP) is 0.845. The summed E-state index contributed by atoms with van der Waals surface area (Å²) in [4.78, 5) is 11.0. The molecule has 0 spiro atoms. The minimum absolute atomic E-state index is 0.136. The van der Waals surface area contributed by atoms with Gasteiger partial charge in [-0.3, -0.25) is 10.2 Å². The Hall–Kier alpha value is -1.39. The molecule has 3 N–H and O–H groups in total. The van der Waals surface area contributed by atoms with Gasteiger partial charge in [0, 0.05) is 6.54 Å². The van der Waals surface area contributed by atoms with E-state index in [0.717, 1.165) is 5.56 Å². The van der Waals surface area contributed by atoms with Crippen molar-refractivity contribution in [3.8, 4) is 0 Å². The molecule has 2 atom stereocenters. The number of hydrogen-bond acceptors (Lipinski definition) is 3. The lowest BCUT2D eigenvalue weighted by Gasteiger charge is -2.15. The fourth-order valence-electron chi connectivity index (χ4n) is 1.82. The molecule has 0 bridgehead atoms.